The van der Waals surface area contributed by atoms with Crippen LogP contribution in [0.15, 0.2) is 144 Å². The van der Waals surface area contributed by atoms with Crippen LogP contribution in [0.3, 0.4) is 0 Å². The Morgan fingerprint density at radius 3 is 2.00 bits per heavy atom. The maximum atomic E-state index is 13.5. The molecule has 2 N–H and O–H groups in total. The van der Waals surface area contributed by atoms with E-state index in [1.165, 1.54) is 17.3 Å². The fourth-order valence-corrected chi connectivity index (χ4v) is 5.51. The zero-order chi connectivity index (χ0) is 31.6. The predicted octanol–water partition coefficient (Wildman–Crippen LogP) is 8.86. The number of nitrogens with one attached hydrogen (secondary N) is 2. The molecule has 0 fully saturated rings. The topological polar surface area (TPSA) is 75.3 Å². The molecule has 2 amide bonds. The summed E-state index contributed by atoms with van der Waals surface area (Å²) in [4.78, 5) is 40.3. The molecule has 0 saturated carbocycles. The van der Waals surface area contributed by atoms with E-state index in [9.17, 15) is 14.4 Å². The Kier molecular flexibility index (Phi) is 10.4. The van der Waals surface area contributed by atoms with Crippen LogP contribution in [0.5, 0.6) is 0 Å². The van der Waals surface area contributed by atoms with Crippen molar-refractivity contribution in [3.63, 3.8) is 0 Å². The maximum Gasteiger partial charge on any atom is 0.272 e. The van der Waals surface area contributed by atoms with Gasteiger partial charge in [0.1, 0.15) is 5.70 Å². The average Bonchev–Trinajstić information content (AvgIpc) is 3.08. The third kappa shape index (κ3) is 8.68. The Balaban J connectivity index is 1.27. The van der Waals surface area contributed by atoms with Gasteiger partial charge in [0, 0.05) is 21.7 Å². The summed E-state index contributed by atoms with van der Waals surface area (Å²) in [6.07, 6.45) is 1.67. The first kappa shape index (κ1) is 31.2. The number of amides is 2. The number of ketones is 1. The van der Waals surface area contributed by atoms with E-state index in [0.717, 1.165) is 21.6 Å². The van der Waals surface area contributed by atoms with Crippen LogP contribution in [0.2, 0.25) is 0 Å². The van der Waals surface area contributed by atoms with Crippen LogP contribution in [0.1, 0.15) is 51.6 Å². The molecule has 0 heterocycles. The van der Waals surface area contributed by atoms with E-state index in [2.05, 4.69) is 24.5 Å². The predicted molar refractivity (Wildman–Crippen MR) is 184 cm³/mol. The molecule has 5 aromatic carbocycles. The first-order valence-corrected chi connectivity index (χ1v) is 15.8. The number of thioether (sulfide) groups is 1. The molecule has 0 radical (unpaired) electrons. The van der Waals surface area contributed by atoms with Crippen LogP contribution in [0, 0.1) is 0 Å². The van der Waals surface area contributed by atoms with Crippen LogP contribution in [0.25, 0.3) is 17.2 Å². The van der Waals surface area contributed by atoms with E-state index in [1.807, 2.05) is 103 Å². The summed E-state index contributed by atoms with van der Waals surface area (Å²) in [6, 6.07) is 41.7. The van der Waals surface area contributed by atoms with Gasteiger partial charge in [0.05, 0.1) is 5.75 Å². The summed E-state index contributed by atoms with van der Waals surface area (Å²) < 4.78 is 0. The molecule has 45 heavy (non-hydrogen) atoms. The first-order chi connectivity index (χ1) is 21.9. The Morgan fingerprint density at radius 2 is 1.33 bits per heavy atom. The minimum absolute atomic E-state index is 0.0198. The van der Waals surface area contributed by atoms with Gasteiger partial charge in [-0.2, -0.15) is 0 Å². The molecule has 0 atom stereocenters. The smallest absolute Gasteiger partial charge is 0.272 e. The van der Waals surface area contributed by atoms with Gasteiger partial charge in [0.2, 0.25) is 0 Å². The molecule has 0 saturated heterocycles. The second-order valence-corrected chi connectivity index (χ2v) is 11.9. The lowest BCUT2D eigenvalue weighted by Crippen LogP contribution is -2.30. The van der Waals surface area contributed by atoms with E-state index in [4.69, 9.17) is 0 Å². The van der Waals surface area contributed by atoms with Gasteiger partial charge in [0.25, 0.3) is 11.8 Å². The van der Waals surface area contributed by atoms with Crippen molar-refractivity contribution in [2.75, 3.05) is 11.1 Å². The number of rotatable bonds is 11. The fourth-order valence-electron chi connectivity index (χ4n) is 4.66. The van der Waals surface area contributed by atoms with Gasteiger partial charge in [0.15, 0.2) is 5.78 Å². The second-order valence-electron chi connectivity index (χ2n) is 10.8. The Bertz CT molecular complexity index is 1800. The van der Waals surface area contributed by atoms with Crippen molar-refractivity contribution >= 4 is 41.1 Å². The lowest BCUT2D eigenvalue weighted by Gasteiger charge is -2.13. The summed E-state index contributed by atoms with van der Waals surface area (Å²) in [7, 11) is 0. The van der Waals surface area contributed by atoms with Crippen molar-refractivity contribution in [2.45, 2.75) is 24.7 Å². The molecular weight excluding hydrogens is 577 g/mol. The van der Waals surface area contributed by atoms with Gasteiger partial charge >= 0.3 is 0 Å². The molecule has 0 aliphatic heterocycles. The van der Waals surface area contributed by atoms with Crippen LogP contribution in [-0.4, -0.2) is 23.4 Å². The van der Waals surface area contributed by atoms with Crippen molar-refractivity contribution in [3.8, 4) is 11.1 Å². The highest BCUT2D eigenvalue weighted by Crippen LogP contribution is 2.25. The van der Waals surface area contributed by atoms with Gasteiger partial charge in [-0.25, -0.2) is 0 Å². The molecule has 6 heteroatoms. The molecule has 5 nitrogen and oxygen atoms in total. The lowest BCUT2D eigenvalue weighted by atomic mass is 10.0. The van der Waals surface area contributed by atoms with E-state index in [1.54, 1.807) is 36.4 Å². The standard InChI is InChI=1S/C39H34N2O3S/c1-27(2)29-18-16-28(17-19-29)24-36(41-38(43)33-12-7-4-8-13-33)39(44)40-34-14-9-15-35(25-34)45-26-37(42)32-22-20-31(21-23-32)30-10-5-3-6-11-30/h3-25,27H,26H2,1-2H3,(H,40,44)(H,41,43)/b36-24-. The molecule has 0 aliphatic rings. The van der Waals surface area contributed by atoms with Crippen molar-refractivity contribution in [3.05, 3.63) is 161 Å². The summed E-state index contributed by atoms with van der Waals surface area (Å²) in [5.74, 6) is -0.179. The van der Waals surface area contributed by atoms with E-state index < -0.39 is 5.91 Å². The van der Waals surface area contributed by atoms with Gasteiger partial charge in [-0.05, 0) is 64.6 Å². The molecule has 0 bridgehead atoms. The normalized spacial score (nSPS) is 11.2. The number of carbonyl (C=O) groups excluding carboxylic acids is 3. The van der Waals surface area contributed by atoms with E-state index >= 15 is 0 Å². The summed E-state index contributed by atoms with van der Waals surface area (Å²) >= 11 is 1.40. The van der Waals surface area contributed by atoms with Crippen LogP contribution >= 0.6 is 11.8 Å². The highest BCUT2D eigenvalue weighted by atomic mass is 32.2. The SMILES string of the molecule is CC(C)c1ccc(/C=C(\NC(=O)c2ccccc2)C(=O)Nc2cccc(SCC(=O)c3ccc(-c4ccccc4)cc3)c2)cc1. The Morgan fingerprint density at radius 1 is 0.689 bits per heavy atom. The zero-order valence-corrected chi connectivity index (χ0v) is 26.0. The lowest BCUT2D eigenvalue weighted by molar-refractivity contribution is -0.113. The van der Waals surface area contributed by atoms with E-state index in [-0.39, 0.29) is 23.1 Å². The number of benzene rings is 5. The third-order valence-corrected chi connectivity index (χ3v) is 8.21. The highest BCUT2D eigenvalue weighted by Gasteiger charge is 2.16. The minimum atomic E-state index is -0.455. The van der Waals surface area contributed by atoms with Crippen LogP contribution < -0.4 is 10.6 Å². The summed E-state index contributed by atoms with van der Waals surface area (Å²) in [6.45, 7) is 4.24. The van der Waals surface area contributed by atoms with Crippen LogP contribution in [-0.2, 0) is 4.79 Å². The van der Waals surface area contributed by atoms with Crippen molar-refractivity contribution in [1.29, 1.82) is 0 Å². The molecule has 0 spiro atoms. The van der Waals surface area contributed by atoms with E-state index in [0.29, 0.717) is 22.7 Å². The van der Waals surface area contributed by atoms with Gasteiger partial charge in [-0.1, -0.05) is 117 Å². The molecule has 5 rings (SSSR count). The molecule has 0 aromatic heterocycles. The van der Waals surface area contributed by atoms with Gasteiger partial charge in [-0.3, -0.25) is 14.4 Å². The Hall–Kier alpha value is -5.20. The van der Waals surface area contributed by atoms with Gasteiger partial charge in [-0.15, -0.1) is 11.8 Å². The largest absolute Gasteiger partial charge is 0.321 e. The van der Waals surface area contributed by atoms with Gasteiger partial charge < -0.3 is 10.6 Å². The number of hydrogen-bond acceptors (Lipinski definition) is 4. The summed E-state index contributed by atoms with van der Waals surface area (Å²) in [5.41, 5.74) is 5.91. The van der Waals surface area contributed by atoms with Crippen LogP contribution in [0.4, 0.5) is 5.69 Å². The number of carbonyl (C=O) groups is 3. The maximum absolute atomic E-state index is 13.5. The Labute approximate surface area is 268 Å². The minimum Gasteiger partial charge on any atom is -0.321 e. The molecular formula is C39H34N2O3S. The third-order valence-electron chi connectivity index (χ3n) is 7.22. The van der Waals surface area contributed by atoms with Crippen molar-refractivity contribution < 1.29 is 14.4 Å². The number of hydrogen-bond donors (Lipinski definition) is 2. The zero-order valence-electron chi connectivity index (χ0n) is 25.2. The monoisotopic (exact) mass is 610 g/mol. The second kappa shape index (κ2) is 15.0. The molecule has 5 aromatic rings. The molecule has 224 valence electrons. The fraction of sp³-hybridized carbons (Fsp3) is 0.103. The van der Waals surface area contributed by atoms with Crippen molar-refractivity contribution in [2.24, 2.45) is 0 Å². The molecule has 0 unspecified atom stereocenters. The quantitative estimate of drug-likeness (QED) is 0.0890. The van der Waals surface area contributed by atoms with Crippen molar-refractivity contribution in [1.82, 2.24) is 5.32 Å². The average molecular weight is 611 g/mol. The summed E-state index contributed by atoms with van der Waals surface area (Å²) in [5, 5.41) is 5.70. The number of anilines is 1. The number of Topliss-reactive ketones (excluding diaryl/α,β-unsaturated/α-hetero) is 1. The first-order valence-electron chi connectivity index (χ1n) is 14.8. The molecule has 0 aliphatic carbocycles. The highest BCUT2D eigenvalue weighted by molar-refractivity contribution is 8.00.